The molecule has 1 aromatic carbocycles. The zero-order valence-corrected chi connectivity index (χ0v) is 8.36. The van der Waals surface area contributed by atoms with Gasteiger partial charge in [0.2, 0.25) is 5.91 Å². The van der Waals surface area contributed by atoms with Gasteiger partial charge in [0.25, 0.3) is 0 Å². The summed E-state index contributed by atoms with van der Waals surface area (Å²) in [5.74, 6) is 0.815. The highest BCUT2D eigenvalue weighted by Gasteiger charge is 2.25. The van der Waals surface area contributed by atoms with Crippen LogP contribution in [0.15, 0.2) is 24.3 Å². The number of carbonyl (C=O) groups is 1. The molecule has 0 N–H and O–H groups in total. The van der Waals surface area contributed by atoms with Crippen LogP contribution in [0.25, 0.3) is 0 Å². The predicted octanol–water partition coefficient (Wildman–Crippen LogP) is 1.68. The first-order chi connectivity index (χ1) is 6.70. The van der Waals surface area contributed by atoms with Crippen LogP contribution < -0.4 is 9.64 Å². The minimum Gasteiger partial charge on any atom is -0.491 e. The van der Waals surface area contributed by atoms with Crippen LogP contribution in [0.2, 0.25) is 0 Å². The maximum atomic E-state index is 11.8. The van der Waals surface area contributed by atoms with Gasteiger partial charge in [-0.15, -0.1) is 0 Å². The van der Waals surface area contributed by atoms with Crippen LogP contribution in [0.3, 0.4) is 0 Å². The molecule has 14 heavy (non-hydrogen) atoms. The van der Waals surface area contributed by atoms with Crippen LogP contribution in [0.1, 0.15) is 6.92 Å². The quantitative estimate of drug-likeness (QED) is 0.624. The molecule has 0 fully saturated rings. The Morgan fingerprint density at radius 3 is 2.93 bits per heavy atom. The van der Waals surface area contributed by atoms with Crippen LogP contribution in [0, 0.1) is 5.92 Å². The first-order valence-corrected chi connectivity index (χ1v) is 4.69. The van der Waals surface area contributed by atoms with Crippen LogP contribution in [0.4, 0.5) is 5.69 Å². The van der Waals surface area contributed by atoms with Crippen molar-refractivity contribution in [3.63, 3.8) is 0 Å². The maximum absolute atomic E-state index is 11.8. The van der Waals surface area contributed by atoms with E-state index in [9.17, 15) is 4.79 Å². The van der Waals surface area contributed by atoms with Gasteiger partial charge < -0.3 is 9.64 Å². The van der Waals surface area contributed by atoms with E-state index >= 15 is 0 Å². The lowest BCUT2D eigenvalue weighted by molar-refractivity contribution is -0.122. The standard InChI is InChI=1S/C11H13NO2/c1-8-7-14-10-6-4-3-5-9(10)12(2)11(8)13/h3-6,8H,7H2,1-2H3/t8-/m0/s1. The molecule has 74 valence electrons. The van der Waals surface area contributed by atoms with Gasteiger partial charge in [-0.2, -0.15) is 0 Å². The number of nitrogens with zero attached hydrogens (tertiary/aromatic N) is 1. The van der Waals surface area contributed by atoms with E-state index in [0.29, 0.717) is 6.61 Å². The van der Waals surface area contributed by atoms with Crippen molar-refractivity contribution in [3.05, 3.63) is 24.3 Å². The topological polar surface area (TPSA) is 29.5 Å². The lowest BCUT2D eigenvalue weighted by Crippen LogP contribution is -2.31. The molecule has 0 saturated carbocycles. The molecule has 0 bridgehead atoms. The number of ether oxygens (including phenoxy) is 1. The van der Waals surface area contributed by atoms with E-state index in [0.717, 1.165) is 11.4 Å². The van der Waals surface area contributed by atoms with Crippen LogP contribution in [-0.2, 0) is 4.79 Å². The summed E-state index contributed by atoms with van der Waals surface area (Å²) in [6.07, 6.45) is 0. The summed E-state index contributed by atoms with van der Waals surface area (Å²) in [7, 11) is 1.78. The largest absolute Gasteiger partial charge is 0.491 e. The number of amides is 1. The second-order valence-electron chi connectivity index (χ2n) is 3.58. The van der Waals surface area contributed by atoms with Gasteiger partial charge in [-0.05, 0) is 12.1 Å². The first kappa shape index (κ1) is 9.06. The van der Waals surface area contributed by atoms with Crippen molar-refractivity contribution in [1.82, 2.24) is 0 Å². The Morgan fingerprint density at radius 1 is 1.43 bits per heavy atom. The highest BCUT2D eigenvalue weighted by molar-refractivity contribution is 5.96. The van der Waals surface area contributed by atoms with Crippen LogP contribution in [0.5, 0.6) is 5.75 Å². The summed E-state index contributed by atoms with van der Waals surface area (Å²) >= 11 is 0. The average molecular weight is 191 g/mol. The van der Waals surface area contributed by atoms with Crippen molar-refractivity contribution in [3.8, 4) is 5.75 Å². The van der Waals surface area contributed by atoms with Crippen LogP contribution >= 0.6 is 0 Å². The van der Waals surface area contributed by atoms with Gasteiger partial charge in [0.05, 0.1) is 18.2 Å². The molecule has 1 heterocycles. The number of fused-ring (bicyclic) bond motifs is 1. The summed E-state index contributed by atoms with van der Waals surface area (Å²) in [4.78, 5) is 13.4. The van der Waals surface area contributed by atoms with Crippen molar-refractivity contribution >= 4 is 11.6 Å². The van der Waals surface area contributed by atoms with Crippen molar-refractivity contribution in [2.24, 2.45) is 5.92 Å². The minimum atomic E-state index is -0.0765. The second-order valence-corrected chi connectivity index (χ2v) is 3.58. The van der Waals surface area contributed by atoms with Gasteiger partial charge in [-0.3, -0.25) is 4.79 Å². The van der Waals surface area contributed by atoms with E-state index in [1.165, 1.54) is 0 Å². The Kier molecular flexibility index (Phi) is 2.15. The van der Waals surface area contributed by atoms with Crippen molar-refractivity contribution in [1.29, 1.82) is 0 Å². The number of hydrogen-bond donors (Lipinski definition) is 0. The number of para-hydroxylation sites is 2. The summed E-state index contributed by atoms with van der Waals surface area (Å²) in [6, 6.07) is 7.59. The lowest BCUT2D eigenvalue weighted by Gasteiger charge is -2.17. The molecule has 0 aliphatic carbocycles. The van der Waals surface area contributed by atoms with Gasteiger partial charge in [0.15, 0.2) is 0 Å². The summed E-state index contributed by atoms with van der Waals surface area (Å²) in [6.45, 7) is 2.34. The molecule has 0 saturated heterocycles. The van der Waals surface area contributed by atoms with Gasteiger partial charge in [-0.1, -0.05) is 19.1 Å². The molecule has 1 aromatic rings. The number of rotatable bonds is 0. The molecular weight excluding hydrogens is 178 g/mol. The van der Waals surface area contributed by atoms with E-state index in [2.05, 4.69) is 0 Å². The number of anilines is 1. The SMILES string of the molecule is C[C@H]1COc2ccccc2N(C)C1=O. The Morgan fingerprint density at radius 2 is 2.14 bits per heavy atom. The molecule has 2 rings (SSSR count). The smallest absolute Gasteiger partial charge is 0.233 e. The van der Waals surface area contributed by atoms with E-state index in [1.807, 2.05) is 31.2 Å². The maximum Gasteiger partial charge on any atom is 0.233 e. The Bertz CT molecular complexity index is 362. The zero-order valence-electron chi connectivity index (χ0n) is 8.36. The molecule has 0 radical (unpaired) electrons. The molecule has 0 unspecified atom stereocenters. The number of hydrogen-bond acceptors (Lipinski definition) is 2. The minimum absolute atomic E-state index is 0.0765. The zero-order chi connectivity index (χ0) is 10.1. The van der Waals surface area contributed by atoms with Gasteiger partial charge in [-0.25, -0.2) is 0 Å². The van der Waals surface area contributed by atoms with Crippen LogP contribution in [-0.4, -0.2) is 19.6 Å². The fourth-order valence-corrected chi connectivity index (χ4v) is 1.59. The van der Waals surface area contributed by atoms with Crippen molar-refractivity contribution in [2.75, 3.05) is 18.6 Å². The highest BCUT2D eigenvalue weighted by atomic mass is 16.5. The Hall–Kier alpha value is -1.51. The monoisotopic (exact) mass is 191 g/mol. The fourth-order valence-electron chi connectivity index (χ4n) is 1.59. The number of benzene rings is 1. The van der Waals surface area contributed by atoms with E-state index in [1.54, 1.807) is 11.9 Å². The Balaban J connectivity index is 2.45. The van der Waals surface area contributed by atoms with Gasteiger partial charge in [0, 0.05) is 7.05 Å². The van der Waals surface area contributed by atoms with E-state index in [-0.39, 0.29) is 11.8 Å². The lowest BCUT2D eigenvalue weighted by atomic mass is 10.2. The predicted molar refractivity (Wildman–Crippen MR) is 54.5 cm³/mol. The summed E-state index contributed by atoms with van der Waals surface area (Å²) < 4.78 is 5.54. The fraction of sp³-hybridized carbons (Fsp3) is 0.364. The highest BCUT2D eigenvalue weighted by Crippen LogP contribution is 2.30. The molecule has 0 aromatic heterocycles. The number of carbonyl (C=O) groups excluding carboxylic acids is 1. The molecule has 1 aliphatic heterocycles. The molecule has 1 amide bonds. The first-order valence-electron chi connectivity index (χ1n) is 4.69. The van der Waals surface area contributed by atoms with Gasteiger partial charge >= 0.3 is 0 Å². The normalized spacial score (nSPS) is 21.1. The van der Waals surface area contributed by atoms with E-state index in [4.69, 9.17) is 4.74 Å². The van der Waals surface area contributed by atoms with Crippen molar-refractivity contribution < 1.29 is 9.53 Å². The molecule has 1 aliphatic rings. The van der Waals surface area contributed by atoms with Gasteiger partial charge in [0.1, 0.15) is 5.75 Å². The molecule has 3 nitrogen and oxygen atoms in total. The molecule has 3 heteroatoms. The molecule has 0 spiro atoms. The second kappa shape index (κ2) is 3.33. The molecule has 1 atom stereocenters. The Labute approximate surface area is 83.3 Å². The third kappa shape index (κ3) is 1.35. The summed E-state index contributed by atoms with van der Waals surface area (Å²) in [5.41, 5.74) is 0.849. The molecular formula is C11H13NO2. The van der Waals surface area contributed by atoms with Crippen molar-refractivity contribution in [2.45, 2.75) is 6.92 Å². The third-order valence-corrected chi connectivity index (χ3v) is 2.47. The summed E-state index contributed by atoms with van der Waals surface area (Å²) in [5, 5.41) is 0. The van der Waals surface area contributed by atoms with E-state index < -0.39 is 0 Å². The third-order valence-electron chi connectivity index (χ3n) is 2.47. The average Bonchev–Trinajstić information content (AvgIpc) is 2.32.